The molecule has 1 N–H and O–H groups in total. The molecule has 0 amide bonds. The molecule has 0 aliphatic carbocycles. The first-order valence-corrected chi connectivity index (χ1v) is 7.05. The summed E-state index contributed by atoms with van der Waals surface area (Å²) >= 11 is 12.3. The monoisotopic (exact) mass is 408 g/mol. The van der Waals surface area contributed by atoms with Crippen molar-refractivity contribution in [1.82, 2.24) is 0 Å². The number of nitrogens with zero attached hydrogens (tertiary/aromatic N) is 1. The normalized spacial score (nSPS) is 10.5. The molecule has 2 aromatic rings. The number of hydrogen-bond donors (Lipinski definition) is 1. The van der Waals surface area contributed by atoms with Crippen LogP contribution in [0.4, 0.5) is 11.4 Å². The lowest BCUT2D eigenvalue weighted by Gasteiger charge is -2.04. The topological polar surface area (TPSA) is 68.3 Å². The van der Waals surface area contributed by atoms with Crippen LogP contribution in [0.2, 0.25) is 5.02 Å². The predicted octanol–water partition coefficient (Wildman–Crippen LogP) is 4.98. The molecule has 0 atom stereocenters. The number of anilines is 1. The summed E-state index contributed by atoms with van der Waals surface area (Å²) in [6.07, 6.45) is 0. The fraction of sp³-hybridized carbons (Fsp3) is 0.0909. The van der Waals surface area contributed by atoms with Crippen LogP contribution in [-0.4, -0.2) is 4.92 Å². The third kappa shape index (κ3) is 3.49. The van der Waals surface area contributed by atoms with Gasteiger partial charge in [0.05, 0.1) is 15.9 Å². The van der Waals surface area contributed by atoms with Crippen molar-refractivity contribution >= 4 is 54.8 Å². The average Bonchev–Trinajstić information content (AvgIpc) is 2.67. The molecule has 0 fully saturated rings. The highest BCUT2D eigenvalue weighted by Crippen LogP contribution is 2.29. The minimum absolute atomic E-state index is 0.110. The highest BCUT2D eigenvalue weighted by atomic mass is 79.9. The lowest BCUT2D eigenvalue weighted by Crippen LogP contribution is -1.99. The molecule has 1 aromatic heterocycles. The van der Waals surface area contributed by atoms with E-state index >= 15 is 0 Å². The van der Waals surface area contributed by atoms with E-state index in [9.17, 15) is 10.1 Å². The van der Waals surface area contributed by atoms with Crippen LogP contribution in [-0.2, 0) is 6.54 Å². The second-order valence-electron chi connectivity index (χ2n) is 3.61. The quantitative estimate of drug-likeness (QED) is 0.570. The second kappa shape index (κ2) is 5.94. The van der Waals surface area contributed by atoms with Crippen LogP contribution < -0.4 is 5.32 Å². The zero-order chi connectivity index (χ0) is 14.0. The van der Waals surface area contributed by atoms with E-state index in [0.717, 1.165) is 4.47 Å². The lowest BCUT2D eigenvalue weighted by molar-refractivity contribution is -0.384. The van der Waals surface area contributed by atoms with Gasteiger partial charge in [-0.15, -0.1) is 0 Å². The molecule has 0 saturated carbocycles. The van der Waals surface area contributed by atoms with E-state index in [1.54, 1.807) is 12.1 Å². The Kier molecular flexibility index (Phi) is 4.49. The van der Waals surface area contributed by atoms with E-state index in [1.165, 1.54) is 12.1 Å². The molecule has 0 radical (unpaired) electrons. The van der Waals surface area contributed by atoms with Crippen LogP contribution in [0.5, 0.6) is 0 Å². The van der Waals surface area contributed by atoms with Gasteiger partial charge in [0, 0.05) is 11.8 Å². The maximum atomic E-state index is 10.8. The summed E-state index contributed by atoms with van der Waals surface area (Å²) in [7, 11) is 0. The molecule has 8 heteroatoms. The lowest BCUT2D eigenvalue weighted by atomic mass is 10.2. The molecule has 0 aliphatic rings. The molecule has 5 nitrogen and oxygen atoms in total. The van der Waals surface area contributed by atoms with Gasteiger partial charge in [0.1, 0.15) is 10.8 Å². The van der Waals surface area contributed by atoms with Gasteiger partial charge in [0.15, 0.2) is 4.67 Å². The molecular formula is C11H7Br2ClN2O3. The Balaban J connectivity index is 2.11. The van der Waals surface area contributed by atoms with Crippen molar-refractivity contribution in [2.24, 2.45) is 0 Å². The van der Waals surface area contributed by atoms with Crippen molar-refractivity contribution in [3.63, 3.8) is 0 Å². The number of halogens is 3. The standard InChI is InChI=1S/C11H7Br2ClN2O3/c12-8-4-7(19-11(8)13)5-15-6-1-2-9(14)10(3-6)16(17)18/h1-4,15H,5H2. The first-order valence-electron chi connectivity index (χ1n) is 5.09. The summed E-state index contributed by atoms with van der Waals surface area (Å²) in [5, 5.41) is 13.9. The number of rotatable bonds is 4. The van der Waals surface area contributed by atoms with Gasteiger partial charge in [0.2, 0.25) is 0 Å². The van der Waals surface area contributed by atoms with Crippen molar-refractivity contribution in [2.75, 3.05) is 5.32 Å². The van der Waals surface area contributed by atoms with E-state index in [2.05, 4.69) is 37.2 Å². The van der Waals surface area contributed by atoms with E-state index in [0.29, 0.717) is 22.7 Å². The van der Waals surface area contributed by atoms with Crippen LogP contribution in [0.25, 0.3) is 0 Å². The Hall–Kier alpha value is -1.05. The van der Waals surface area contributed by atoms with Crippen LogP contribution in [0.3, 0.4) is 0 Å². The summed E-state index contributed by atoms with van der Waals surface area (Å²) in [4.78, 5) is 10.2. The van der Waals surface area contributed by atoms with Gasteiger partial charge in [-0.25, -0.2) is 0 Å². The maximum absolute atomic E-state index is 10.8. The smallest absolute Gasteiger partial charge is 0.289 e. The van der Waals surface area contributed by atoms with Crippen molar-refractivity contribution in [3.05, 3.63) is 54.3 Å². The van der Waals surface area contributed by atoms with E-state index < -0.39 is 4.92 Å². The van der Waals surface area contributed by atoms with Crippen molar-refractivity contribution < 1.29 is 9.34 Å². The molecule has 0 bridgehead atoms. The first kappa shape index (κ1) is 14.4. The van der Waals surface area contributed by atoms with Crippen molar-refractivity contribution in [2.45, 2.75) is 6.54 Å². The summed E-state index contributed by atoms with van der Waals surface area (Å²) in [5.74, 6) is 0.691. The van der Waals surface area contributed by atoms with Gasteiger partial charge in [0.25, 0.3) is 5.69 Å². The maximum Gasteiger partial charge on any atom is 0.289 e. The van der Waals surface area contributed by atoms with Crippen LogP contribution in [0.1, 0.15) is 5.76 Å². The minimum Gasteiger partial charge on any atom is -0.451 e. The second-order valence-corrected chi connectivity index (χ2v) is 5.59. The van der Waals surface area contributed by atoms with E-state index in [-0.39, 0.29) is 10.7 Å². The Morgan fingerprint density at radius 2 is 2.11 bits per heavy atom. The third-order valence-electron chi connectivity index (χ3n) is 2.31. The minimum atomic E-state index is -0.520. The molecule has 0 unspecified atom stereocenters. The van der Waals surface area contributed by atoms with Crippen molar-refractivity contribution in [1.29, 1.82) is 0 Å². The molecule has 1 heterocycles. The van der Waals surface area contributed by atoms with Gasteiger partial charge in [-0.1, -0.05) is 11.6 Å². The Morgan fingerprint density at radius 3 is 2.68 bits per heavy atom. The molecule has 100 valence electrons. The Labute approximate surface area is 130 Å². The predicted molar refractivity (Wildman–Crippen MR) is 79.5 cm³/mol. The van der Waals surface area contributed by atoms with Gasteiger partial charge in [-0.3, -0.25) is 10.1 Å². The molecule has 0 spiro atoms. The largest absolute Gasteiger partial charge is 0.451 e. The number of hydrogen-bond acceptors (Lipinski definition) is 4. The Morgan fingerprint density at radius 1 is 1.37 bits per heavy atom. The highest BCUT2D eigenvalue weighted by Gasteiger charge is 2.13. The molecule has 2 rings (SSSR count). The fourth-order valence-corrected chi connectivity index (χ4v) is 2.28. The van der Waals surface area contributed by atoms with Gasteiger partial charge in [-0.2, -0.15) is 0 Å². The zero-order valence-electron chi connectivity index (χ0n) is 9.32. The number of nitro benzene ring substituents is 1. The van der Waals surface area contributed by atoms with Crippen LogP contribution in [0.15, 0.2) is 37.8 Å². The zero-order valence-corrected chi connectivity index (χ0v) is 13.3. The molecule has 1 aromatic carbocycles. The van der Waals surface area contributed by atoms with Gasteiger partial charge in [-0.05, 0) is 50.1 Å². The van der Waals surface area contributed by atoms with E-state index in [1.807, 2.05) is 0 Å². The molecule has 19 heavy (non-hydrogen) atoms. The number of furan rings is 1. The number of nitro groups is 1. The first-order chi connectivity index (χ1) is 8.97. The third-order valence-corrected chi connectivity index (χ3v) is 4.34. The summed E-state index contributed by atoms with van der Waals surface area (Å²) in [6, 6.07) is 6.34. The SMILES string of the molecule is O=[N+]([O-])c1cc(NCc2cc(Br)c(Br)o2)ccc1Cl. The van der Waals surface area contributed by atoms with Gasteiger partial charge < -0.3 is 9.73 Å². The van der Waals surface area contributed by atoms with Crippen LogP contribution >= 0.6 is 43.5 Å². The fourth-order valence-electron chi connectivity index (χ4n) is 1.43. The van der Waals surface area contributed by atoms with Crippen molar-refractivity contribution in [3.8, 4) is 0 Å². The van der Waals surface area contributed by atoms with E-state index in [4.69, 9.17) is 16.0 Å². The van der Waals surface area contributed by atoms with Crippen LogP contribution in [0, 0.1) is 10.1 Å². The summed E-state index contributed by atoms with van der Waals surface area (Å²) in [6.45, 7) is 0.406. The summed E-state index contributed by atoms with van der Waals surface area (Å²) < 4.78 is 6.80. The summed E-state index contributed by atoms with van der Waals surface area (Å²) in [5.41, 5.74) is 0.466. The van der Waals surface area contributed by atoms with Gasteiger partial charge >= 0.3 is 0 Å². The number of benzene rings is 1. The molecule has 0 saturated heterocycles. The average molecular weight is 410 g/mol. The number of nitrogens with one attached hydrogen (secondary N) is 1. The highest BCUT2D eigenvalue weighted by molar-refractivity contribution is 9.13. The molecular weight excluding hydrogens is 403 g/mol. The Bertz CT molecular complexity index is 611. The molecule has 0 aliphatic heterocycles.